The monoisotopic (exact) mass is 519 g/mol. The first-order valence-electron chi connectivity index (χ1n) is 12.5. The lowest BCUT2D eigenvalue weighted by Crippen LogP contribution is -2.38. The lowest BCUT2D eigenvalue weighted by molar-refractivity contribution is -0.139. The normalized spacial score (nSPS) is 16.8. The van der Waals surface area contributed by atoms with E-state index in [1.54, 1.807) is 6.92 Å². The molecule has 4 rings (SSSR count). The van der Waals surface area contributed by atoms with Gasteiger partial charge in [0.25, 0.3) is 0 Å². The largest absolute Gasteiger partial charge is 0.489 e. The first-order chi connectivity index (χ1) is 17.9. The Morgan fingerprint density at radius 3 is 2.65 bits per heavy atom. The second-order valence-electron chi connectivity index (χ2n) is 9.33. The average Bonchev–Trinajstić information content (AvgIpc) is 3.28. The average molecular weight is 520 g/mol. The predicted molar refractivity (Wildman–Crippen MR) is 147 cm³/mol. The molecule has 0 fully saturated rings. The van der Waals surface area contributed by atoms with Crippen molar-refractivity contribution < 1.29 is 19.1 Å². The maximum Gasteiger partial charge on any atom is 0.338 e. The fraction of sp³-hybridized carbons (Fsp3) is 0.345. The number of allylic oxidation sites excluding steroid dienone is 1. The molecule has 37 heavy (non-hydrogen) atoms. The number of benzene rings is 2. The lowest BCUT2D eigenvalue weighted by atomic mass is 9.93. The Labute approximate surface area is 222 Å². The molecule has 1 atom stereocenters. The minimum Gasteiger partial charge on any atom is -0.489 e. The molecule has 0 aromatic heterocycles. The Morgan fingerprint density at radius 1 is 1.14 bits per heavy atom. The van der Waals surface area contributed by atoms with E-state index in [4.69, 9.17) is 14.5 Å². The van der Waals surface area contributed by atoms with Crippen molar-refractivity contribution >= 4 is 28.8 Å². The molecule has 0 saturated heterocycles. The fourth-order valence-corrected chi connectivity index (χ4v) is 5.18. The van der Waals surface area contributed by atoms with Crippen molar-refractivity contribution in [3.8, 4) is 5.75 Å². The van der Waals surface area contributed by atoms with Crippen LogP contribution in [-0.4, -0.2) is 35.1 Å². The van der Waals surface area contributed by atoms with E-state index in [9.17, 15) is 9.59 Å². The van der Waals surface area contributed by atoms with Crippen molar-refractivity contribution in [1.29, 1.82) is 0 Å². The summed E-state index contributed by atoms with van der Waals surface area (Å²) in [6.07, 6.45) is 0.189. The third kappa shape index (κ3) is 6.43. The molecular weight excluding hydrogens is 486 g/mol. The predicted octanol–water partition coefficient (Wildman–Crippen LogP) is 5.57. The van der Waals surface area contributed by atoms with Gasteiger partial charge >= 0.3 is 5.97 Å². The summed E-state index contributed by atoms with van der Waals surface area (Å²) < 4.78 is 11.5. The number of nitrogens with zero attached hydrogens (tertiary/aromatic N) is 2. The van der Waals surface area contributed by atoms with Gasteiger partial charge in [-0.2, -0.15) is 0 Å². The molecule has 2 aliphatic rings. The molecule has 0 saturated carbocycles. The summed E-state index contributed by atoms with van der Waals surface area (Å²) in [6.45, 7) is 9.03. The molecule has 0 aliphatic carbocycles. The van der Waals surface area contributed by atoms with Gasteiger partial charge in [0, 0.05) is 12.2 Å². The molecule has 2 heterocycles. The molecule has 1 amide bonds. The number of carbonyl (C=O) groups is 2. The highest BCUT2D eigenvalue weighted by atomic mass is 32.2. The number of fused-ring (bicyclic) bond motifs is 1. The maximum absolute atomic E-state index is 13.2. The number of aliphatic imine (C=N–C) groups is 1. The van der Waals surface area contributed by atoms with E-state index in [1.807, 2.05) is 71.8 Å². The summed E-state index contributed by atoms with van der Waals surface area (Å²) >= 11 is 1.46. The Balaban J connectivity index is 1.65. The standard InChI is InChI=1S/C29H33N3O4S/c1-5-35-28(34)26-20(4)31-29-32(23(18-37-29)15-25(33)30-16-19(2)3)27(26)22-12-9-13-24(14-22)36-17-21-10-7-6-8-11-21/h6-14,18-19,27H,5,15-17H2,1-4H3,(H,30,33)/t27-/m1/s1. The number of thioether (sulfide) groups is 1. The van der Waals surface area contributed by atoms with Crippen molar-refractivity contribution in [2.45, 2.75) is 46.8 Å². The molecule has 1 N–H and O–H groups in total. The summed E-state index contributed by atoms with van der Waals surface area (Å²) in [5.74, 6) is 0.571. The second-order valence-corrected chi connectivity index (χ2v) is 10.2. The number of rotatable bonds is 10. The SMILES string of the molecule is CCOC(=O)C1=C(C)N=C2SC=C(CC(=O)NCC(C)C)N2[C@@H]1c1cccc(OCc2ccccc2)c1. The number of amides is 1. The van der Waals surface area contributed by atoms with E-state index in [-0.39, 0.29) is 18.9 Å². The quantitative estimate of drug-likeness (QED) is 0.414. The molecule has 8 heteroatoms. The summed E-state index contributed by atoms with van der Waals surface area (Å²) in [6, 6.07) is 17.2. The van der Waals surface area contributed by atoms with Gasteiger partial charge in [-0.3, -0.25) is 4.79 Å². The third-order valence-electron chi connectivity index (χ3n) is 5.97. The van der Waals surface area contributed by atoms with E-state index >= 15 is 0 Å². The van der Waals surface area contributed by atoms with E-state index in [0.29, 0.717) is 36.1 Å². The number of esters is 1. The van der Waals surface area contributed by atoms with Crippen molar-refractivity contribution in [1.82, 2.24) is 10.2 Å². The maximum atomic E-state index is 13.2. The van der Waals surface area contributed by atoms with Crippen molar-refractivity contribution in [3.05, 3.63) is 88.1 Å². The summed E-state index contributed by atoms with van der Waals surface area (Å²) in [4.78, 5) is 32.6. The van der Waals surface area contributed by atoms with Crippen LogP contribution in [0.15, 0.2) is 82.0 Å². The van der Waals surface area contributed by atoms with E-state index in [1.165, 1.54) is 11.8 Å². The molecule has 7 nitrogen and oxygen atoms in total. The van der Waals surface area contributed by atoms with Gasteiger partial charge in [-0.15, -0.1) is 0 Å². The molecule has 194 valence electrons. The smallest absolute Gasteiger partial charge is 0.338 e. The number of hydrogen-bond acceptors (Lipinski definition) is 7. The van der Waals surface area contributed by atoms with Crippen LogP contribution in [0.1, 0.15) is 51.3 Å². The van der Waals surface area contributed by atoms with Gasteiger partial charge in [0.1, 0.15) is 12.4 Å². The van der Waals surface area contributed by atoms with Crippen LogP contribution < -0.4 is 10.1 Å². The summed E-state index contributed by atoms with van der Waals surface area (Å²) in [5, 5.41) is 5.66. The molecule has 0 radical (unpaired) electrons. The molecule has 2 aliphatic heterocycles. The van der Waals surface area contributed by atoms with E-state index < -0.39 is 12.0 Å². The number of nitrogens with one attached hydrogen (secondary N) is 1. The minimum atomic E-state index is -0.494. The van der Waals surface area contributed by atoms with Gasteiger partial charge in [-0.05, 0) is 48.4 Å². The van der Waals surface area contributed by atoms with Crippen LogP contribution >= 0.6 is 11.8 Å². The molecule has 2 aromatic carbocycles. The number of ether oxygens (including phenoxy) is 2. The van der Waals surface area contributed by atoms with Gasteiger partial charge in [0.2, 0.25) is 5.91 Å². The van der Waals surface area contributed by atoms with Crippen LogP contribution in [0.3, 0.4) is 0 Å². The summed E-state index contributed by atoms with van der Waals surface area (Å²) in [7, 11) is 0. The Bertz CT molecular complexity index is 1240. The van der Waals surface area contributed by atoms with E-state index in [2.05, 4.69) is 19.2 Å². The van der Waals surface area contributed by atoms with Gasteiger partial charge in [0.05, 0.1) is 30.3 Å². The molecule has 0 unspecified atom stereocenters. The van der Waals surface area contributed by atoms with Gasteiger partial charge in [-0.1, -0.05) is 68.1 Å². The van der Waals surface area contributed by atoms with Crippen LogP contribution in [0.25, 0.3) is 0 Å². The molecular formula is C29H33N3O4S. The number of amidine groups is 1. The Kier molecular flexibility index (Phi) is 8.71. The topological polar surface area (TPSA) is 80.2 Å². The van der Waals surface area contributed by atoms with E-state index in [0.717, 1.165) is 22.0 Å². The van der Waals surface area contributed by atoms with Crippen LogP contribution in [0.5, 0.6) is 5.75 Å². The van der Waals surface area contributed by atoms with Crippen molar-refractivity contribution in [2.75, 3.05) is 13.2 Å². The highest BCUT2D eigenvalue weighted by molar-refractivity contribution is 8.16. The van der Waals surface area contributed by atoms with Crippen LogP contribution in [0.2, 0.25) is 0 Å². The zero-order valence-corrected chi connectivity index (χ0v) is 22.5. The zero-order valence-electron chi connectivity index (χ0n) is 21.7. The van der Waals surface area contributed by atoms with Gasteiger partial charge in [-0.25, -0.2) is 9.79 Å². The fourth-order valence-electron chi connectivity index (χ4n) is 4.22. The number of carbonyl (C=O) groups excluding carboxylic acids is 2. The highest BCUT2D eigenvalue weighted by Crippen LogP contribution is 2.45. The molecule has 0 spiro atoms. The highest BCUT2D eigenvalue weighted by Gasteiger charge is 2.41. The first kappa shape index (κ1) is 26.5. The zero-order chi connectivity index (χ0) is 26.4. The molecule has 0 bridgehead atoms. The van der Waals surface area contributed by atoms with Crippen molar-refractivity contribution in [3.63, 3.8) is 0 Å². The number of hydrogen-bond donors (Lipinski definition) is 1. The van der Waals surface area contributed by atoms with Crippen molar-refractivity contribution in [2.24, 2.45) is 10.9 Å². The van der Waals surface area contributed by atoms with Crippen LogP contribution in [0.4, 0.5) is 0 Å². The summed E-state index contributed by atoms with van der Waals surface area (Å²) in [5.41, 5.74) is 3.78. The van der Waals surface area contributed by atoms with Crippen LogP contribution in [-0.2, 0) is 20.9 Å². The Morgan fingerprint density at radius 2 is 1.92 bits per heavy atom. The molecule has 2 aromatic rings. The van der Waals surface area contributed by atoms with Gasteiger partial charge in [0.15, 0.2) is 5.17 Å². The third-order valence-corrected chi connectivity index (χ3v) is 6.86. The Hall–Kier alpha value is -3.52. The first-order valence-corrected chi connectivity index (χ1v) is 13.4. The minimum absolute atomic E-state index is 0.0653. The van der Waals surface area contributed by atoms with Crippen LogP contribution in [0, 0.1) is 5.92 Å². The second kappa shape index (κ2) is 12.1. The van der Waals surface area contributed by atoms with Gasteiger partial charge < -0.3 is 19.7 Å². The lowest BCUT2D eigenvalue weighted by Gasteiger charge is -2.36.